The maximum atomic E-state index is 12.2. The molecule has 1 saturated carbocycles. The van der Waals surface area contributed by atoms with E-state index in [0.29, 0.717) is 22.4 Å². The van der Waals surface area contributed by atoms with E-state index in [9.17, 15) is 4.79 Å². The Balaban J connectivity index is 1.92. The predicted molar refractivity (Wildman–Crippen MR) is 87.8 cm³/mol. The van der Waals surface area contributed by atoms with Crippen LogP contribution in [0.4, 0.5) is 0 Å². The molecule has 2 nitrogen and oxygen atoms in total. The first-order chi connectivity index (χ1) is 9.61. The molecule has 4 heteroatoms. The first kappa shape index (κ1) is 15.8. The van der Waals surface area contributed by atoms with Crippen LogP contribution in [0.2, 0.25) is 5.02 Å². The van der Waals surface area contributed by atoms with Gasteiger partial charge in [0.2, 0.25) is 0 Å². The summed E-state index contributed by atoms with van der Waals surface area (Å²) in [6, 6.07) is 5.47. The fourth-order valence-electron chi connectivity index (χ4n) is 2.82. The van der Waals surface area contributed by atoms with Crippen LogP contribution >= 0.6 is 27.5 Å². The van der Waals surface area contributed by atoms with Crippen molar-refractivity contribution < 1.29 is 4.79 Å². The molecule has 1 N–H and O–H groups in total. The van der Waals surface area contributed by atoms with Gasteiger partial charge in [0, 0.05) is 22.5 Å². The quantitative estimate of drug-likeness (QED) is 0.784. The number of carbonyl (C=O) groups is 1. The van der Waals surface area contributed by atoms with Crippen LogP contribution in [0.25, 0.3) is 0 Å². The van der Waals surface area contributed by atoms with Crippen LogP contribution in [0.15, 0.2) is 18.2 Å². The van der Waals surface area contributed by atoms with Gasteiger partial charge in [-0.3, -0.25) is 4.79 Å². The van der Waals surface area contributed by atoms with E-state index in [1.807, 2.05) is 19.1 Å². The molecule has 110 valence electrons. The van der Waals surface area contributed by atoms with E-state index in [-0.39, 0.29) is 5.91 Å². The van der Waals surface area contributed by atoms with Crippen LogP contribution < -0.4 is 5.32 Å². The third kappa shape index (κ3) is 3.98. The summed E-state index contributed by atoms with van der Waals surface area (Å²) in [6.45, 7) is 2.70. The van der Waals surface area contributed by atoms with Crippen LogP contribution in [-0.2, 0) is 0 Å². The summed E-state index contributed by atoms with van der Waals surface area (Å²) in [7, 11) is 0. The van der Waals surface area contributed by atoms with Gasteiger partial charge < -0.3 is 5.32 Å². The van der Waals surface area contributed by atoms with E-state index in [1.165, 1.54) is 25.7 Å². The Hall–Kier alpha value is -0.540. The zero-order valence-corrected chi connectivity index (χ0v) is 14.1. The molecule has 0 heterocycles. The van der Waals surface area contributed by atoms with Crippen molar-refractivity contribution in [1.29, 1.82) is 0 Å². The average Bonchev–Trinajstić information content (AvgIpc) is 2.47. The number of amides is 1. The summed E-state index contributed by atoms with van der Waals surface area (Å²) in [5.74, 6) is 1.25. The largest absolute Gasteiger partial charge is 0.352 e. The summed E-state index contributed by atoms with van der Waals surface area (Å²) in [4.78, 5) is 12.2. The molecule has 1 amide bonds. The van der Waals surface area contributed by atoms with Gasteiger partial charge in [-0.05, 0) is 49.3 Å². The van der Waals surface area contributed by atoms with Gasteiger partial charge in [0.05, 0.1) is 0 Å². The number of hydrogen-bond donors (Lipinski definition) is 1. The Morgan fingerprint density at radius 3 is 2.70 bits per heavy atom. The van der Waals surface area contributed by atoms with Crippen LogP contribution in [0, 0.1) is 18.8 Å². The second-order valence-electron chi connectivity index (χ2n) is 5.63. The zero-order valence-electron chi connectivity index (χ0n) is 11.8. The molecule has 0 aliphatic heterocycles. The first-order valence-electron chi connectivity index (χ1n) is 7.22. The van der Waals surface area contributed by atoms with Crippen molar-refractivity contribution >= 4 is 33.4 Å². The molecule has 1 aliphatic carbocycles. The van der Waals surface area contributed by atoms with Crippen molar-refractivity contribution in [2.75, 3.05) is 11.9 Å². The van der Waals surface area contributed by atoms with E-state index in [0.717, 1.165) is 17.4 Å². The van der Waals surface area contributed by atoms with Gasteiger partial charge in [-0.15, -0.1) is 0 Å². The van der Waals surface area contributed by atoms with Crippen molar-refractivity contribution in [3.05, 3.63) is 34.3 Å². The third-order valence-electron chi connectivity index (χ3n) is 4.22. The van der Waals surface area contributed by atoms with Crippen molar-refractivity contribution in [3.63, 3.8) is 0 Å². The normalized spacial score (nSPS) is 22.6. The molecule has 0 spiro atoms. The second-order valence-corrected chi connectivity index (χ2v) is 6.69. The summed E-state index contributed by atoms with van der Waals surface area (Å²) in [6.07, 6.45) is 5.07. The van der Waals surface area contributed by atoms with E-state index in [1.54, 1.807) is 6.07 Å². The lowest BCUT2D eigenvalue weighted by Gasteiger charge is -2.30. The van der Waals surface area contributed by atoms with Gasteiger partial charge in [0.15, 0.2) is 0 Å². The molecule has 0 aromatic heterocycles. The minimum Gasteiger partial charge on any atom is -0.352 e. The third-order valence-corrected chi connectivity index (χ3v) is 5.46. The van der Waals surface area contributed by atoms with Crippen molar-refractivity contribution in [1.82, 2.24) is 5.32 Å². The topological polar surface area (TPSA) is 29.1 Å². The van der Waals surface area contributed by atoms with E-state index < -0.39 is 0 Å². The fraction of sp³-hybridized carbons (Fsp3) is 0.562. The Bertz CT molecular complexity index is 478. The highest BCUT2D eigenvalue weighted by molar-refractivity contribution is 9.09. The monoisotopic (exact) mass is 357 g/mol. The molecule has 20 heavy (non-hydrogen) atoms. The fourth-order valence-corrected chi connectivity index (χ4v) is 3.85. The standard InChI is InChI=1S/C16H21BrClNO/c1-11-6-7-12(8-15(11)18)16(20)19-10-14-5-3-2-4-13(14)9-17/h6-8,13-14H,2-5,9-10H2,1H3,(H,19,20). The number of alkyl halides is 1. The van der Waals surface area contributed by atoms with Crippen LogP contribution in [-0.4, -0.2) is 17.8 Å². The van der Waals surface area contributed by atoms with Crippen molar-refractivity contribution in [2.24, 2.45) is 11.8 Å². The Morgan fingerprint density at radius 1 is 1.35 bits per heavy atom. The number of halogens is 2. The van der Waals surface area contributed by atoms with Gasteiger partial charge in [-0.25, -0.2) is 0 Å². The van der Waals surface area contributed by atoms with Crippen molar-refractivity contribution in [3.8, 4) is 0 Å². The molecule has 1 aromatic carbocycles. The zero-order chi connectivity index (χ0) is 14.5. The molecule has 0 radical (unpaired) electrons. The second kappa shape index (κ2) is 7.46. The summed E-state index contributed by atoms with van der Waals surface area (Å²) in [5.41, 5.74) is 1.64. The molecular formula is C16H21BrClNO. The van der Waals surface area contributed by atoms with Crippen LogP contribution in [0.1, 0.15) is 41.6 Å². The summed E-state index contributed by atoms with van der Waals surface area (Å²) < 4.78 is 0. The Kier molecular flexibility index (Phi) is 5.91. The molecule has 2 unspecified atom stereocenters. The SMILES string of the molecule is Cc1ccc(C(=O)NCC2CCCCC2CBr)cc1Cl. The van der Waals surface area contributed by atoms with Crippen molar-refractivity contribution in [2.45, 2.75) is 32.6 Å². The molecule has 1 fully saturated rings. The average molecular weight is 359 g/mol. The highest BCUT2D eigenvalue weighted by Crippen LogP contribution is 2.30. The Morgan fingerprint density at radius 2 is 2.05 bits per heavy atom. The molecule has 2 atom stereocenters. The maximum Gasteiger partial charge on any atom is 0.251 e. The van der Waals surface area contributed by atoms with Gasteiger partial charge >= 0.3 is 0 Å². The van der Waals surface area contributed by atoms with Crippen LogP contribution in [0.3, 0.4) is 0 Å². The van der Waals surface area contributed by atoms with Crippen LogP contribution in [0.5, 0.6) is 0 Å². The predicted octanol–water partition coefficient (Wildman–Crippen LogP) is 4.58. The number of hydrogen-bond acceptors (Lipinski definition) is 1. The summed E-state index contributed by atoms with van der Waals surface area (Å²) in [5, 5.41) is 4.74. The lowest BCUT2D eigenvalue weighted by Crippen LogP contribution is -2.34. The lowest BCUT2D eigenvalue weighted by atomic mass is 9.80. The minimum absolute atomic E-state index is 0.0224. The first-order valence-corrected chi connectivity index (χ1v) is 8.72. The van der Waals surface area contributed by atoms with E-state index >= 15 is 0 Å². The van der Waals surface area contributed by atoms with Gasteiger partial charge in [0.1, 0.15) is 0 Å². The van der Waals surface area contributed by atoms with Gasteiger partial charge in [0.25, 0.3) is 5.91 Å². The number of nitrogens with one attached hydrogen (secondary N) is 1. The molecule has 0 bridgehead atoms. The molecule has 2 rings (SSSR count). The van der Waals surface area contributed by atoms with E-state index in [2.05, 4.69) is 21.2 Å². The van der Waals surface area contributed by atoms with E-state index in [4.69, 9.17) is 11.6 Å². The number of rotatable bonds is 4. The molecule has 0 saturated heterocycles. The highest BCUT2D eigenvalue weighted by atomic mass is 79.9. The number of aryl methyl sites for hydroxylation is 1. The smallest absolute Gasteiger partial charge is 0.251 e. The molecule has 1 aromatic rings. The maximum absolute atomic E-state index is 12.2. The van der Waals surface area contributed by atoms with Gasteiger partial charge in [-0.2, -0.15) is 0 Å². The summed E-state index contributed by atoms with van der Waals surface area (Å²) >= 11 is 9.66. The molecule has 1 aliphatic rings. The number of benzene rings is 1. The van der Waals surface area contributed by atoms with Gasteiger partial charge in [-0.1, -0.05) is 46.4 Å². The lowest BCUT2D eigenvalue weighted by molar-refractivity contribution is 0.0937. The minimum atomic E-state index is -0.0224. The highest BCUT2D eigenvalue weighted by Gasteiger charge is 2.24. The molecular weight excluding hydrogens is 338 g/mol. The number of carbonyl (C=O) groups excluding carboxylic acids is 1. The Labute approximate surface area is 134 Å².